The Balaban J connectivity index is 1.83. The molecule has 1 aromatic heterocycles. The van der Waals surface area contributed by atoms with E-state index in [1.165, 1.54) is 12.3 Å². The number of fused-ring (bicyclic) bond motifs is 1. The number of ether oxygens (including phenoxy) is 1. The molecule has 0 bridgehead atoms. The Hall–Kier alpha value is -2.83. The Morgan fingerprint density at radius 1 is 1.40 bits per heavy atom. The Labute approximate surface area is 143 Å². The van der Waals surface area contributed by atoms with Gasteiger partial charge in [0.15, 0.2) is 11.6 Å². The number of nitrogens with one attached hydrogen (secondary N) is 1. The number of amides is 1. The van der Waals surface area contributed by atoms with E-state index < -0.39 is 11.6 Å². The highest BCUT2D eigenvalue weighted by Crippen LogP contribution is 2.29. The quantitative estimate of drug-likeness (QED) is 0.902. The SMILES string of the molecule is CC[C@@H](C)NC(=O)C1=CCc2ncc(Oc3ccc(F)cc3F)nc21. The fourth-order valence-corrected chi connectivity index (χ4v) is 2.38. The van der Waals surface area contributed by atoms with Gasteiger partial charge >= 0.3 is 0 Å². The summed E-state index contributed by atoms with van der Waals surface area (Å²) in [6.45, 7) is 3.89. The van der Waals surface area contributed by atoms with Crippen LogP contribution in [0.5, 0.6) is 11.6 Å². The molecule has 1 N–H and O–H groups in total. The Kier molecular flexibility index (Phi) is 4.74. The van der Waals surface area contributed by atoms with Gasteiger partial charge in [-0.1, -0.05) is 13.0 Å². The highest BCUT2D eigenvalue weighted by Gasteiger charge is 2.24. The van der Waals surface area contributed by atoms with Crippen molar-refractivity contribution in [1.29, 1.82) is 0 Å². The average Bonchev–Trinajstić information content (AvgIpc) is 3.00. The van der Waals surface area contributed by atoms with E-state index in [-0.39, 0.29) is 23.6 Å². The molecule has 0 aliphatic heterocycles. The number of nitrogens with zero attached hydrogens (tertiary/aromatic N) is 2. The molecule has 1 aliphatic rings. The molecule has 0 saturated heterocycles. The number of aromatic nitrogens is 2. The molecule has 2 aromatic rings. The maximum atomic E-state index is 13.7. The molecule has 3 rings (SSSR count). The van der Waals surface area contributed by atoms with Crippen LogP contribution in [0.3, 0.4) is 0 Å². The van der Waals surface area contributed by atoms with Crippen LogP contribution in [-0.4, -0.2) is 21.9 Å². The number of halogens is 2. The molecule has 1 amide bonds. The van der Waals surface area contributed by atoms with Gasteiger partial charge in [-0.25, -0.2) is 13.8 Å². The third-order valence-electron chi connectivity index (χ3n) is 3.92. The lowest BCUT2D eigenvalue weighted by Gasteiger charge is -2.13. The van der Waals surface area contributed by atoms with Crippen molar-refractivity contribution in [2.45, 2.75) is 32.7 Å². The number of carbonyl (C=O) groups excluding carboxylic acids is 1. The van der Waals surface area contributed by atoms with Gasteiger partial charge in [0.25, 0.3) is 5.91 Å². The monoisotopic (exact) mass is 345 g/mol. The zero-order chi connectivity index (χ0) is 18.0. The minimum atomic E-state index is -0.840. The van der Waals surface area contributed by atoms with E-state index >= 15 is 0 Å². The highest BCUT2D eigenvalue weighted by atomic mass is 19.1. The van der Waals surface area contributed by atoms with Crippen LogP contribution in [0.15, 0.2) is 30.5 Å². The first-order chi connectivity index (χ1) is 12.0. The molecule has 1 atom stereocenters. The van der Waals surface area contributed by atoms with E-state index in [4.69, 9.17) is 4.74 Å². The number of hydrogen-bond acceptors (Lipinski definition) is 4. The van der Waals surface area contributed by atoms with Gasteiger partial charge in [-0.15, -0.1) is 0 Å². The maximum Gasteiger partial charge on any atom is 0.253 e. The summed E-state index contributed by atoms with van der Waals surface area (Å²) in [6.07, 6.45) is 4.41. The lowest BCUT2D eigenvalue weighted by molar-refractivity contribution is -0.116. The van der Waals surface area contributed by atoms with Crippen LogP contribution in [0.4, 0.5) is 8.78 Å². The Morgan fingerprint density at radius 2 is 2.20 bits per heavy atom. The van der Waals surface area contributed by atoms with Gasteiger partial charge in [0.2, 0.25) is 5.88 Å². The van der Waals surface area contributed by atoms with Crippen molar-refractivity contribution < 1.29 is 18.3 Å². The second-order valence-corrected chi connectivity index (χ2v) is 5.79. The predicted octanol–water partition coefficient (Wildman–Crippen LogP) is 3.40. The summed E-state index contributed by atoms with van der Waals surface area (Å²) in [5.41, 5.74) is 1.50. The summed E-state index contributed by atoms with van der Waals surface area (Å²) in [4.78, 5) is 20.8. The van der Waals surface area contributed by atoms with Gasteiger partial charge in [0, 0.05) is 18.5 Å². The third-order valence-corrected chi connectivity index (χ3v) is 3.92. The van der Waals surface area contributed by atoms with Gasteiger partial charge in [-0.05, 0) is 25.5 Å². The van der Waals surface area contributed by atoms with Crippen LogP contribution in [-0.2, 0) is 11.2 Å². The first-order valence-corrected chi connectivity index (χ1v) is 7.98. The van der Waals surface area contributed by atoms with E-state index in [2.05, 4.69) is 15.3 Å². The van der Waals surface area contributed by atoms with Crippen LogP contribution >= 0.6 is 0 Å². The largest absolute Gasteiger partial charge is 0.434 e. The van der Waals surface area contributed by atoms with Crippen LogP contribution in [0.1, 0.15) is 31.7 Å². The highest BCUT2D eigenvalue weighted by molar-refractivity contribution is 6.20. The van der Waals surface area contributed by atoms with Crippen molar-refractivity contribution in [3.05, 3.63) is 53.5 Å². The molecular weight excluding hydrogens is 328 g/mol. The minimum absolute atomic E-state index is 0.0356. The lowest BCUT2D eigenvalue weighted by atomic mass is 10.2. The number of carbonyl (C=O) groups is 1. The predicted molar refractivity (Wildman–Crippen MR) is 88.0 cm³/mol. The zero-order valence-electron chi connectivity index (χ0n) is 13.8. The van der Waals surface area contributed by atoms with Gasteiger partial charge < -0.3 is 10.1 Å². The van der Waals surface area contributed by atoms with Crippen LogP contribution in [0, 0.1) is 11.6 Å². The molecule has 0 fully saturated rings. The molecule has 1 aromatic carbocycles. The summed E-state index contributed by atoms with van der Waals surface area (Å²) >= 11 is 0. The van der Waals surface area contributed by atoms with E-state index in [0.29, 0.717) is 23.4 Å². The standard InChI is InChI=1S/C18H17F2N3O2/c1-3-10(2)22-18(24)12-5-6-14-17(12)23-16(9-21-14)25-15-7-4-11(19)8-13(15)20/h4-5,7-10H,3,6H2,1-2H3,(H,22,24)/t10-/m1/s1. The molecule has 1 heterocycles. The van der Waals surface area contributed by atoms with Crippen LogP contribution in [0.25, 0.3) is 5.57 Å². The van der Waals surface area contributed by atoms with Crippen molar-refractivity contribution >= 4 is 11.5 Å². The molecule has 0 unspecified atom stereocenters. The van der Waals surface area contributed by atoms with Crippen molar-refractivity contribution in [3.63, 3.8) is 0 Å². The normalized spacial score (nSPS) is 13.8. The Morgan fingerprint density at radius 3 is 2.92 bits per heavy atom. The second-order valence-electron chi connectivity index (χ2n) is 5.79. The van der Waals surface area contributed by atoms with Gasteiger partial charge in [-0.2, -0.15) is 0 Å². The fraction of sp³-hybridized carbons (Fsp3) is 0.278. The molecule has 5 nitrogen and oxygen atoms in total. The van der Waals surface area contributed by atoms with E-state index in [1.54, 1.807) is 6.08 Å². The zero-order valence-corrected chi connectivity index (χ0v) is 13.8. The lowest BCUT2D eigenvalue weighted by Crippen LogP contribution is -2.32. The van der Waals surface area contributed by atoms with Crippen LogP contribution in [0.2, 0.25) is 0 Å². The molecule has 25 heavy (non-hydrogen) atoms. The molecule has 1 aliphatic carbocycles. The van der Waals surface area contributed by atoms with Gasteiger partial charge in [-0.3, -0.25) is 9.78 Å². The van der Waals surface area contributed by atoms with E-state index in [9.17, 15) is 13.6 Å². The fourth-order valence-electron chi connectivity index (χ4n) is 2.38. The summed E-state index contributed by atoms with van der Waals surface area (Å²) < 4.78 is 32.0. The maximum absolute atomic E-state index is 13.7. The van der Waals surface area contributed by atoms with Gasteiger partial charge in [0.1, 0.15) is 11.5 Å². The van der Waals surface area contributed by atoms with Crippen molar-refractivity contribution in [3.8, 4) is 11.6 Å². The average molecular weight is 345 g/mol. The number of rotatable bonds is 5. The summed E-state index contributed by atoms with van der Waals surface area (Å²) in [5, 5.41) is 2.88. The van der Waals surface area contributed by atoms with Crippen LogP contribution < -0.4 is 10.1 Å². The van der Waals surface area contributed by atoms with Crippen molar-refractivity contribution in [1.82, 2.24) is 15.3 Å². The summed E-state index contributed by atoms with van der Waals surface area (Å²) in [6, 6.07) is 3.02. The van der Waals surface area contributed by atoms with Gasteiger partial charge in [0.05, 0.1) is 17.5 Å². The first-order valence-electron chi connectivity index (χ1n) is 7.98. The van der Waals surface area contributed by atoms with Crippen molar-refractivity contribution in [2.24, 2.45) is 0 Å². The van der Waals surface area contributed by atoms with E-state index in [1.807, 2.05) is 13.8 Å². The Bertz CT molecular complexity index is 852. The minimum Gasteiger partial charge on any atom is -0.434 e. The molecular formula is C18H17F2N3O2. The summed E-state index contributed by atoms with van der Waals surface area (Å²) in [5.74, 6) is -1.89. The molecule has 7 heteroatoms. The first kappa shape index (κ1) is 17.0. The topological polar surface area (TPSA) is 64.1 Å². The number of benzene rings is 1. The van der Waals surface area contributed by atoms with Crippen molar-refractivity contribution in [2.75, 3.05) is 0 Å². The third kappa shape index (κ3) is 3.65. The number of allylic oxidation sites excluding steroid dienone is 1. The van der Waals surface area contributed by atoms with E-state index in [0.717, 1.165) is 18.6 Å². The summed E-state index contributed by atoms with van der Waals surface area (Å²) in [7, 11) is 0. The molecule has 0 radical (unpaired) electrons. The second kappa shape index (κ2) is 6.96. The molecule has 0 spiro atoms. The smallest absolute Gasteiger partial charge is 0.253 e. The molecule has 130 valence electrons. The number of hydrogen-bond donors (Lipinski definition) is 1. The molecule has 0 saturated carbocycles.